The van der Waals surface area contributed by atoms with Gasteiger partial charge in [-0.25, -0.2) is 14.6 Å². The lowest BCUT2D eigenvalue weighted by molar-refractivity contribution is 0.728. The van der Waals surface area contributed by atoms with Crippen LogP contribution >= 0.6 is 0 Å². The molecule has 1 N–H and O–H groups in total. The van der Waals surface area contributed by atoms with E-state index < -0.39 is 0 Å². The third kappa shape index (κ3) is 2.32. The maximum atomic E-state index is 4.62. The number of hydrogen-bond donors (Lipinski definition) is 1. The van der Waals surface area contributed by atoms with Crippen molar-refractivity contribution in [3.8, 4) is 5.82 Å². The van der Waals surface area contributed by atoms with Gasteiger partial charge in [-0.1, -0.05) is 25.1 Å². The predicted molar refractivity (Wildman–Crippen MR) is 74.0 cm³/mol. The summed E-state index contributed by atoms with van der Waals surface area (Å²) in [6.45, 7) is 3.86. The fourth-order valence-electron chi connectivity index (χ4n) is 2.08. The lowest BCUT2D eigenvalue weighted by atomic mass is 10.1. The number of pyridine rings is 1. The number of nitrogens with one attached hydrogen (secondary N) is 1. The van der Waals surface area contributed by atoms with E-state index in [1.165, 1.54) is 17.3 Å². The van der Waals surface area contributed by atoms with Crippen LogP contribution in [-0.4, -0.2) is 26.3 Å². The number of para-hydroxylation sites is 1. The first-order valence-corrected chi connectivity index (χ1v) is 6.33. The molecule has 2 heterocycles. The number of aromatic nitrogens is 4. The highest BCUT2D eigenvalue weighted by Gasteiger charge is 2.07. The van der Waals surface area contributed by atoms with Gasteiger partial charge in [-0.15, -0.1) is 0 Å². The molecule has 5 nitrogen and oxygen atoms in total. The molecule has 19 heavy (non-hydrogen) atoms. The molecule has 0 unspecified atom stereocenters. The van der Waals surface area contributed by atoms with E-state index in [9.17, 15) is 0 Å². The standard InChI is InChI=1S/C14H15N5/c1-2-15-8-11-7-14(19-10-16-9-17-19)18-13-6-4-3-5-12(11)13/h3-7,9-10,15H,2,8H2,1H3. The zero-order chi connectivity index (χ0) is 13.1. The minimum Gasteiger partial charge on any atom is -0.313 e. The SMILES string of the molecule is CCNCc1cc(-n2cncn2)nc2ccccc12. The van der Waals surface area contributed by atoms with E-state index in [1.54, 1.807) is 11.0 Å². The van der Waals surface area contributed by atoms with E-state index in [0.717, 1.165) is 24.4 Å². The van der Waals surface area contributed by atoms with Gasteiger partial charge in [-0.3, -0.25) is 0 Å². The second-order valence-corrected chi connectivity index (χ2v) is 4.28. The molecule has 0 radical (unpaired) electrons. The van der Waals surface area contributed by atoms with E-state index >= 15 is 0 Å². The van der Waals surface area contributed by atoms with Crippen molar-refractivity contribution in [1.29, 1.82) is 0 Å². The fraction of sp³-hybridized carbons (Fsp3) is 0.214. The first-order chi connectivity index (χ1) is 9.38. The third-order valence-electron chi connectivity index (χ3n) is 3.01. The van der Waals surface area contributed by atoms with E-state index in [-0.39, 0.29) is 0 Å². The summed E-state index contributed by atoms with van der Waals surface area (Å²) in [5.41, 5.74) is 2.20. The first-order valence-electron chi connectivity index (χ1n) is 6.33. The largest absolute Gasteiger partial charge is 0.313 e. The lowest BCUT2D eigenvalue weighted by Gasteiger charge is -2.09. The number of benzene rings is 1. The molecule has 0 spiro atoms. The summed E-state index contributed by atoms with van der Waals surface area (Å²) in [6, 6.07) is 10.2. The van der Waals surface area contributed by atoms with Crippen molar-refractivity contribution in [1.82, 2.24) is 25.1 Å². The van der Waals surface area contributed by atoms with Crippen LogP contribution in [-0.2, 0) is 6.54 Å². The van der Waals surface area contributed by atoms with Crippen molar-refractivity contribution in [2.45, 2.75) is 13.5 Å². The van der Waals surface area contributed by atoms with Crippen molar-refractivity contribution >= 4 is 10.9 Å². The van der Waals surface area contributed by atoms with Crippen LogP contribution in [0.1, 0.15) is 12.5 Å². The Kier molecular flexibility index (Phi) is 3.20. The van der Waals surface area contributed by atoms with Crippen LogP contribution < -0.4 is 5.32 Å². The van der Waals surface area contributed by atoms with E-state index in [0.29, 0.717) is 0 Å². The number of rotatable bonds is 4. The molecular formula is C14H15N5. The van der Waals surface area contributed by atoms with Crippen LogP contribution in [0, 0.1) is 0 Å². The van der Waals surface area contributed by atoms with Gasteiger partial charge in [0.1, 0.15) is 12.7 Å². The van der Waals surface area contributed by atoms with Crippen LogP contribution in [0.3, 0.4) is 0 Å². The summed E-state index contributed by atoms with van der Waals surface area (Å²) in [7, 11) is 0. The van der Waals surface area contributed by atoms with Crippen LogP contribution in [0.15, 0.2) is 43.0 Å². The Hall–Kier alpha value is -2.27. The highest BCUT2D eigenvalue weighted by Crippen LogP contribution is 2.19. The third-order valence-corrected chi connectivity index (χ3v) is 3.01. The second kappa shape index (κ2) is 5.16. The minimum absolute atomic E-state index is 0.795. The van der Waals surface area contributed by atoms with Gasteiger partial charge in [-0.2, -0.15) is 5.10 Å². The molecule has 0 saturated heterocycles. The van der Waals surface area contributed by atoms with E-state index in [4.69, 9.17) is 0 Å². The Bertz CT molecular complexity index is 675. The van der Waals surface area contributed by atoms with Crippen molar-refractivity contribution in [3.63, 3.8) is 0 Å². The molecule has 0 saturated carbocycles. The minimum atomic E-state index is 0.795. The topological polar surface area (TPSA) is 55.6 Å². The molecule has 0 aliphatic rings. The number of hydrogen-bond acceptors (Lipinski definition) is 4. The van der Waals surface area contributed by atoms with Gasteiger partial charge in [-0.05, 0) is 24.2 Å². The summed E-state index contributed by atoms with van der Waals surface area (Å²) in [5, 5.41) is 8.67. The molecule has 3 rings (SSSR count). The summed E-state index contributed by atoms with van der Waals surface area (Å²) in [4.78, 5) is 8.59. The summed E-state index contributed by atoms with van der Waals surface area (Å²) >= 11 is 0. The van der Waals surface area contributed by atoms with Crippen molar-refractivity contribution < 1.29 is 0 Å². The van der Waals surface area contributed by atoms with Gasteiger partial charge in [0, 0.05) is 11.9 Å². The number of fused-ring (bicyclic) bond motifs is 1. The maximum absolute atomic E-state index is 4.62. The summed E-state index contributed by atoms with van der Waals surface area (Å²) in [6.07, 6.45) is 3.18. The van der Waals surface area contributed by atoms with Gasteiger partial charge < -0.3 is 5.32 Å². The molecule has 96 valence electrons. The molecular weight excluding hydrogens is 238 g/mol. The Balaban J connectivity index is 2.15. The fourth-order valence-corrected chi connectivity index (χ4v) is 2.08. The first kappa shape index (κ1) is 11.8. The highest BCUT2D eigenvalue weighted by atomic mass is 15.3. The van der Waals surface area contributed by atoms with Crippen LogP contribution in [0.25, 0.3) is 16.7 Å². The average Bonchev–Trinajstić information content (AvgIpc) is 2.98. The summed E-state index contributed by atoms with van der Waals surface area (Å²) < 4.78 is 1.68. The molecule has 0 fully saturated rings. The van der Waals surface area contributed by atoms with Gasteiger partial charge in [0.25, 0.3) is 0 Å². The van der Waals surface area contributed by atoms with Gasteiger partial charge >= 0.3 is 0 Å². The molecule has 0 atom stereocenters. The van der Waals surface area contributed by atoms with Crippen molar-refractivity contribution in [3.05, 3.63) is 48.5 Å². The normalized spacial score (nSPS) is 11.0. The Morgan fingerprint density at radius 3 is 2.95 bits per heavy atom. The van der Waals surface area contributed by atoms with Gasteiger partial charge in [0.05, 0.1) is 5.52 Å². The van der Waals surface area contributed by atoms with Crippen LogP contribution in [0.2, 0.25) is 0 Å². The Morgan fingerprint density at radius 2 is 2.16 bits per heavy atom. The zero-order valence-corrected chi connectivity index (χ0v) is 10.7. The van der Waals surface area contributed by atoms with Crippen molar-refractivity contribution in [2.75, 3.05) is 6.54 Å². The molecule has 0 aliphatic heterocycles. The number of nitrogens with zero attached hydrogens (tertiary/aromatic N) is 4. The van der Waals surface area contributed by atoms with Gasteiger partial charge in [0.2, 0.25) is 0 Å². The van der Waals surface area contributed by atoms with E-state index in [1.807, 2.05) is 18.2 Å². The Morgan fingerprint density at radius 1 is 1.26 bits per heavy atom. The quantitative estimate of drug-likeness (QED) is 0.772. The molecule has 5 heteroatoms. The van der Waals surface area contributed by atoms with Crippen LogP contribution in [0.5, 0.6) is 0 Å². The zero-order valence-electron chi connectivity index (χ0n) is 10.7. The van der Waals surface area contributed by atoms with E-state index in [2.05, 4.69) is 39.4 Å². The maximum Gasteiger partial charge on any atom is 0.156 e. The molecule has 0 bridgehead atoms. The lowest BCUT2D eigenvalue weighted by Crippen LogP contribution is -2.13. The van der Waals surface area contributed by atoms with Gasteiger partial charge in [0.15, 0.2) is 5.82 Å². The molecule has 1 aromatic carbocycles. The van der Waals surface area contributed by atoms with Crippen molar-refractivity contribution in [2.24, 2.45) is 0 Å². The molecule has 3 aromatic rings. The predicted octanol–water partition coefficient (Wildman–Crippen LogP) is 1.93. The second-order valence-electron chi connectivity index (χ2n) is 4.28. The monoisotopic (exact) mass is 253 g/mol. The van der Waals surface area contributed by atoms with Crippen LogP contribution in [0.4, 0.5) is 0 Å². The summed E-state index contributed by atoms with van der Waals surface area (Å²) in [5.74, 6) is 0.795. The molecule has 0 amide bonds. The molecule has 0 aliphatic carbocycles. The smallest absolute Gasteiger partial charge is 0.156 e. The Labute approximate surface area is 111 Å². The highest BCUT2D eigenvalue weighted by molar-refractivity contribution is 5.83. The molecule has 2 aromatic heterocycles. The average molecular weight is 253 g/mol.